The van der Waals surface area contributed by atoms with Crippen molar-refractivity contribution in [3.8, 4) is 5.75 Å². The number of aryl methyl sites for hydroxylation is 1. The van der Waals surface area contributed by atoms with Crippen molar-refractivity contribution in [1.82, 2.24) is 28.9 Å². The number of hydrogen-bond acceptors (Lipinski definition) is 7. The summed E-state index contributed by atoms with van der Waals surface area (Å²) in [4.78, 5) is 40.0. The SMILES string of the molecule is COc1cc(C(=O)N2CCC(N3CCCC3)CC2)ccc1Nc1ncc2c(n1)n(C1CCCC1)c(=O)n2C. The quantitative estimate of drug-likeness (QED) is 0.530. The molecule has 10 heteroatoms. The lowest BCUT2D eigenvalue weighted by Crippen LogP contribution is -2.45. The van der Waals surface area contributed by atoms with Gasteiger partial charge in [0, 0.05) is 37.8 Å². The molecule has 3 aliphatic rings. The predicted molar refractivity (Wildman–Crippen MR) is 146 cm³/mol. The second-order valence-corrected chi connectivity index (χ2v) is 10.9. The van der Waals surface area contributed by atoms with Crippen molar-refractivity contribution in [3.05, 3.63) is 40.4 Å². The molecule has 202 valence electrons. The number of nitrogens with one attached hydrogen (secondary N) is 1. The average Bonchev–Trinajstić information content (AvgIpc) is 3.72. The number of fused-ring (bicyclic) bond motifs is 1. The largest absolute Gasteiger partial charge is 0.495 e. The van der Waals surface area contributed by atoms with Crippen molar-refractivity contribution in [1.29, 1.82) is 0 Å². The van der Waals surface area contributed by atoms with Gasteiger partial charge in [-0.3, -0.25) is 13.9 Å². The molecule has 0 unspecified atom stereocenters. The summed E-state index contributed by atoms with van der Waals surface area (Å²) in [5.41, 5.74) is 2.59. The zero-order valence-electron chi connectivity index (χ0n) is 22.4. The van der Waals surface area contributed by atoms with Crippen LogP contribution < -0.4 is 15.7 Å². The summed E-state index contributed by atoms with van der Waals surface area (Å²) in [6, 6.07) is 6.23. The van der Waals surface area contributed by atoms with E-state index in [-0.39, 0.29) is 17.6 Å². The van der Waals surface area contributed by atoms with Gasteiger partial charge in [-0.1, -0.05) is 12.8 Å². The van der Waals surface area contributed by atoms with E-state index >= 15 is 0 Å². The predicted octanol–water partition coefficient (Wildman–Crippen LogP) is 3.70. The topological polar surface area (TPSA) is 97.5 Å². The fraction of sp³-hybridized carbons (Fsp3) is 0.571. The molecule has 2 aromatic heterocycles. The average molecular weight is 520 g/mol. The molecule has 0 spiro atoms. The summed E-state index contributed by atoms with van der Waals surface area (Å²) in [6.45, 7) is 3.97. The lowest BCUT2D eigenvalue weighted by atomic mass is 10.0. The van der Waals surface area contributed by atoms with E-state index in [0.29, 0.717) is 40.2 Å². The highest BCUT2D eigenvalue weighted by atomic mass is 16.5. The number of benzene rings is 1. The molecule has 3 fully saturated rings. The molecule has 1 aliphatic carbocycles. The van der Waals surface area contributed by atoms with Crippen LogP contribution in [0.1, 0.15) is 67.8 Å². The summed E-state index contributed by atoms with van der Waals surface area (Å²) >= 11 is 0. The first-order chi connectivity index (χ1) is 18.5. The zero-order chi connectivity index (χ0) is 26.2. The Morgan fingerprint density at radius 1 is 1.00 bits per heavy atom. The molecule has 6 rings (SSSR count). The first kappa shape index (κ1) is 24.9. The molecule has 0 atom stereocenters. The number of anilines is 2. The third-order valence-corrected chi connectivity index (χ3v) is 8.63. The molecule has 1 saturated carbocycles. The van der Waals surface area contributed by atoms with E-state index in [1.807, 2.05) is 21.6 Å². The van der Waals surface area contributed by atoms with Crippen molar-refractivity contribution in [2.24, 2.45) is 7.05 Å². The van der Waals surface area contributed by atoms with Crippen LogP contribution >= 0.6 is 0 Å². The number of amides is 1. The minimum Gasteiger partial charge on any atom is -0.495 e. The maximum Gasteiger partial charge on any atom is 0.330 e. The van der Waals surface area contributed by atoms with Gasteiger partial charge in [0.05, 0.1) is 19.0 Å². The van der Waals surface area contributed by atoms with E-state index in [1.165, 1.54) is 25.9 Å². The standard InChI is InChI=1S/C28H37N7O3/c1-32-23-18-29-27(31-25(23)35(28(32)37)21-7-3-4-8-21)30-22-10-9-19(17-24(22)38-2)26(36)34-15-11-20(12-16-34)33-13-5-6-14-33/h9-10,17-18,20-21H,3-8,11-16H2,1-2H3,(H,29,30,31). The summed E-state index contributed by atoms with van der Waals surface area (Å²) in [5, 5.41) is 3.24. The highest BCUT2D eigenvalue weighted by Crippen LogP contribution is 2.32. The molecule has 10 nitrogen and oxygen atoms in total. The lowest BCUT2D eigenvalue weighted by Gasteiger charge is -2.36. The van der Waals surface area contributed by atoms with Gasteiger partial charge in [-0.2, -0.15) is 4.98 Å². The summed E-state index contributed by atoms with van der Waals surface area (Å²) < 4.78 is 9.08. The Bertz CT molecular complexity index is 1380. The highest BCUT2D eigenvalue weighted by molar-refractivity contribution is 5.95. The van der Waals surface area contributed by atoms with Gasteiger partial charge in [-0.25, -0.2) is 9.78 Å². The number of nitrogens with zero attached hydrogens (tertiary/aromatic N) is 6. The Kier molecular flexibility index (Phi) is 6.82. The molecule has 2 saturated heterocycles. The monoisotopic (exact) mass is 519 g/mol. The first-order valence-electron chi connectivity index (χ1n) is 14.0. The molecule has 1 aromatic carbocycles. The number of imidazole rings is 1. The summed E-state index contributed by atoms with van der Waals surface area (Å²) in [5.74, 6) is 0.973. The van der Waals surface area contributed by atoms with Gasteiger partial charge in [0.15, 0.2) is 5.65 Å². The number of piperidine rings is 1. The van der Waals surface area contributed by atoms with Gasteiger partial charge in [0.1, 0.15) is 11.3 Å². The van der Waals surface area contributed by atoms with Crippen LogP contribution in [0.15, 0.2) is 29.2 Å². The maximum absolute atomic E-state index is 13.3. The number of carbonyl (C=O) groups is 1. The number of ether oxygens (including phenoxy) is 1. The molecule has 1 N–H and O–H groups in total. The van der Waals surface area contributed by atoms with Crippen molar-refractivity contribution in [2.45, 2.75) is 63.5 Å². The van der Waals surface area contributed by atoms with E-state index in [1.54, 1.807) is 31.0 Å². The van der Waals surface area contributed by atoms with Crippen molar-refractivity contribution < 1.29 is 9.53 Å². The van der Waals surface area contributed by atoms with Crippen LogP contribution in [0.25, 0.3) is 11.2 Å². The van der Waals surface area contributed by atoms with E-state index in [2.05, 4.69) is 15.2 Å². The van der Waals surface area contributed by atoms with Crippen LogP contribution in [0.4, 0.5) is 11.6 Å². The van der Waals surface area contributed by atoms with Crippen LogP contribution in [0.3, 0.4) is 0 Å². The van der Waals surface area contributed by atoms with Gasteiger partial charge in [-0.05, 0) is 69.8 Å². The van der Waals surface area contributed by atoms with E-state index < -0.39 is 0 Å². The molecule has 38 heavy (non-hydrogen) atoms. The van der Waals surface area contributed by atoms with Crippen LogP contribution in [-0.2, 0) is 7.05 Å². The van der Waals surface area contributed by atoms with Crippen LogP contribution in [0.5, 0.6) is 5.75 Å². The van der Waals surface area contributed by atoms with E-state index in [4.69, 9.17) is 9.72 Å². The smallest absolute Gasteiger partial charge is 0.330 e. The van der Waals surface area contributed by atoms with Gasteiger partial charge in [0.2, 0.25) is 5.95 Å². The number of likely N-dealkylation sites (tertiary alicyclic amines) is 2. The minimum absolute atomic E-state index is 0.0391. The number of hydrogen-bond donors (Lipinski definition) is 1. The molecule has 0 bridgehead atoms. The normalized spacial score (nSPS) is 19.5. The summed E-state index contributed by atoms with van der Waals surface area (Å²) in [7, 11) is 3.36. The van der Waals surface area contributed by atoms with Crippen molar-refractivity contribution >= 4 is 28.7 Å². The summed E-state index contributed by atoms with van der Waals surface area (Å²) in [6.07, 6.45) is 10.6. The molecule has 0 radical (unpaired) electrons. The lowest BCUT2D eigenvalue weighted by molar-refractivity contribution is 0.0644. The third-order valence-electron chi connectivity index (χ3n) is 8.63. The zero-order valence-corrected chi connectivity index (χ0v) is 22.4. The Labute approximate surface area is 222 Å². The second kappa shape index (κ2) is 10.4. The molecule has 1 amide bonds. The van der Waals surface area contributed by atoms with Gasteiger partial charge >= 0.3 is 5.69 Å². The highest BCUT2D eigenvalue weighted by Gasteiger charge is 2.29. The Morgan fingerprint density at radius 3 is 2.45 bits per heavy atom. The molecule has 3 aromatic rings. The number of methoxy groups -OCH3 is 1. The Balaban J connectivity index is 1.19. The third kappa shape index (κ3) is 4.55. The number of carbonyl (C=O) groups excluding carboxylic acids is 1. The van der Waals surface area contributed by atoms with Crippen molar-refractivity contribution in [3.63, 3.8) is 0 Å². The maximum atomic E-state index is 13.3. The van der Waals surface area contributed by atoms with E-state index in [9.17, 15) is 9.59 Å². The fourth-order valence-corrected chi connectivity index (χ4v) is 6.46. The first-order valence-corrected chi connectivity index (χ1v) is 14.0. The molecule has 2 aliphatic heterocycles. The van der Waals surface area contributed by atoms with Gasteiger partial charge < -0.3 is 19.9 Å². The molecule has 4 heterocycles. The molecular formula is C28H37N7O3. The number of rotatable bonds is 6. The number of aromatic nitrogens is 4. The van der Waals surface area contributed by atoms with Gasteiger partial charge in [-0.15, -0.1) is 0 Å². The minimum atomic E-state index is -0.0525. The Morgan fingerprint density at radius 2 is 1.74 bits per heavy atom. The van der Waals surface area contributed by atoms with Crippen LogP contribution in [0.2, 0.25) is 0 Å². The van der Waals surface area contributed by atoms with E-state index in [0.717, 1.165) is 51.6 Å². The second-order valence-electron chi connectivity index (χ2n) is 10.9. The fourth-order valence-electron chi connectivity index (χ4n) is 6.46. The van der Waals surface area contributed by atoms with Crippen LogP contribution in [0, 0.1) is 0 Å². The molecular weight excluding hydrogens is 482 g/mol. The van der Waals surface area contributed by atoms with Gasteiger partial charge in [0.25, 0.3) is 5.91 Å². The Hall–Kier alpha value is -3.40. The van der Waals surface area contributed by atoms with Crippen LogP contribution in [-0.4, -0.2) is 74.1 Å². The van der Waals surface area contributed by atoms with Crippen molar-refractivity contribution in [2.75, 3.05) is 38.6 Å².